The topological polar surface area (TPSA) is 17.1 Å². The van der Waals surface area contributed by atoms with Crippen molar-refractivity contribution in [3.63, 3.8) is 0 Å². The zero-order chi connectivity index (χ0) is 13.1. The van der Waals surface area contributed by atoms with E-state index in [1.54, 1.807) is 18.4 Å². The van der Waals surface area contributed by atoms with E-state index >= 15 is 0 Å². The first-order chi connectivity index (χ1) is 7.81. The van der Waals surface area contributed by atoms with E-state index in [1.165, 1.54) is 24.8 Å². The molecule has 0 saturated carbocycles. The van der Waals surface area contributed by atoms with Crippen LogP contribution in [0.5, 0.6) is 0 Å². The molecule has 0 saturated heterocycles. The maximum Gasteiger partial charge on any atom is 0.446 e. The van der Waals surface area contributed by atoms with Gasteiger partial charge in [-0.3, -0.25) is 4.79 Å². The first kappa shape index (κ1) is 14.4. The average molecular weight is 280 g/mol. The highest BCUT2D eigenvalue weighted by atomic mass is 32.2. The summed E-state index contributed by atoms with van der Waals surface area (Å²) in [5, 5.41) is 0. The maximum atomic E-state index is 12.3. The van der Waals surface area contributed by atoms with Crippen molar-refractivity contribution in [2.75, 3.05) is 6.26 Å². The van der Waals surface area contributed by atoms with Gasteiger partial charge in [0.1, 0.15) is 5.78 Å². The molecule has 0 aromatic heterocycles. The lowest BCUT2D eigenvalue weighted by Gasteiger charge is -2.10. The number of halogens is 3. The van der Waals surface area contributed by atoms with Crippen LogP contribution < -0.4 is 0 Å². The van der Waals surface area contributed by atoms with Crippen LogP contribution in [0.15, 0.2) is 28.0 Å². The van der Waals surface area contributed by atoms with Crippen molar-refractivity contribution in [1.29, 1.82) is 0 Å². The molecule has 0 fully saturated rings. The van der Waals surface area contributed by atoms with Gasteiger partial charge in [-0.1, -0.05) is 6.07 Å². The molecule has 1 rings (SSSR count). The lowest BCUT2D eigenvalue weighted by Crippen LogP contribution is -2.01. The minimum absolute atomic E-state index is 0.00622. The largest absolute Gasteiger partial charge is 0.446 e. The first-order valence-electron chi connectivity index (χ1n) is 4.74. The Balaban J connectivity index is 2.97. The predicted molar refractivity (Wildman–Crippen MR) is 64.5 cm³/mol. The Morgan fingerprint density at radius 3 is 2.41 bits per heavy atom. The summed E-state index contributed by atoms with van der Waals surface area (Å²) in [6.07, 6.45) is 1.97. The fourth-order valence-corrected chi connectivity index (χ4v) is 2.78. The number of hydrogen-bond acceptors (Lipinski definition) is 3. The van der Waals surface area contributed by atoms with Crippen LogP contribution in [0.2, 0.25) is 0 Å². The van der Waals surface area contributed by atoms with E-state index in [1.807, 2.05) is 0 Å². The molecule has 17 heavy (non-hydrogen) atoms. The summed E-state index contributed by atoms with van der Waals surface area (Å²) in [4.78, 5) is 11.7. The second kappa shape index (κ2) is 5.82. The molecule has 0 N–H and O–H groups in total. The van der Waals surface area contributed by atoms with Crippen LogP contribution in [0.25, 0.3) is 0 Å². The second-order valence-electron chi connectivity index (χ2n) is 3.41. The Morgan fingerprint density at radius 1 is 1.29 bits per heavy atom. The Hall–Kier alpha value is -0.620. The smallest absolute Gasteiger partial charge is 0.300 e. The molecule has 1 aromatic rings. The first-order valence-corrected chi connectivity index (χ1v) is 6.78. The number of carbonyl (C=O) groups excluding carboxylic acids is 1. The molecular formula is C11H11F3OS2. The van der Waals surface area contributed by atoms with Crippen molar-refractivity contribution >= 4 is 29.3 Å². The standard InChI is InChI=1S/C11H11F3OS2/c1-7(15)5-8-3-4-9(10(6-8)16-2)17-11(12,13)14/h3-4,6H,5H2,1-2H3. The zero-order valence-electron chi connectivity index (χ0n) is 9.30. The van der Waals surface area contributed by atoms with Gasteiger partial charge in [-0.25, -0.2) is 0 Å². The van der Waals surface area contributed by atoms with Crippen LogP contribution in [0.4, 0.5) is 13.2 Å². The molecule has 1 nitrogen and oxygen atoms in total. The summed E-state index contributed by atoms with van der Waals surface area (Å²) in [6.45, 7) is 1.46. The third-order valence-corrected chi connectivity index (χ3v) is 3.62. The Labute approximate surface area is 106 Å². The molecule has 0 radical (unpaired) electrons. The number of rotatable bonds is 4. The summed E-state index contributed by atoms with van der Waals surface area (Å²) in [5.74, 6) is -0.00622. The number of hydrogen-bond donors (Lipinski definition) is 0. The number of ketones is 1. The summed E-state index contributed by atoms with van der Waals surface area (Å²) in [5.41, 5.74) is -3.54. The van der Waals surface area contributed by atoms with Crippen LogP contribution in [0.3, 0.4) is 0 Å². The van der Waals surface area contributed by atoms with Gasteiger partial charge >= 0.3 is 5.51 Å². The second-order valence-corrected chi connectivity index (χ2v) is 5.37. The van der Waals surface area contributed by atoms with E-state index < -0.39 is 5.51 Å². The molecule has 0 amide bonds. The molecule has 0 aliphatic carbocycles. The zero-order valence-corrected chi connectivity index (χ0v) is 10.9. The SMILES string of the molecule is CSc1cc(CC(C)=O)ccc1SC(F)(F)F. The number of carbonyl (C=O) groups is 1. The predicted octanol–water partition coefficient (Wildman–Crippen LogP) is 4.15. The van der Waals surface area contributed by atoms with Gasteiger partial charge in [-0.05, 0) is 42.6 Å². The van der Waals surface area contributed by atoms with Gasteiger partial charge in [0.15, 0.2) is 0 Å². The minimum Gasteiger partial charge on any atom is -0.300 e. The number of Topliss-reactive ketones (excluding diaryl/α,β-unsaturated/α-hetero) is 1. The monoisotopic (exact) mass is 280 g/mol. The van der Waals surface area contributed by atoms with Crippen LogP contribution in [-0.4, -0.2) is 17.5 Å². The molecule has 0 atom stereocenters. The van der Waals surface area contributed by atoms with Gasteiger partial charge in [0.2, 0.25) is 0 Å². The van der Waals surface area contributed by atoms with E-state index in [2.05, 4.69) is 0 Å². The fourth-order valence-electron chi connectivity index (χ4n) is 1.32. The summed E-state index contributed by atoms with van der Waals surface area (Å²) < 4.78 is 36.8. The molecule has 94 valence electrons. The van der Waals surface area contributed by atoms with Gasteiger partial charge in [0, 0.05) is 16.2 Å². The van der Waals surface area contributed by atoms with Crippen molar-refractivity contribution < 1.29 is 18.0 Å². The Bertz CT molecular complexity index is 416. The van der Waals surface area contributed by atoms with E-state index in [-0.39, 0.29) is 28.9 Å². The van der Waals surface area contributed by atoms with Crippen molar-refractivity contribution in [1.82, 2.24) is 0 Å². The average Bonchev–Trinajstić information content (AvgIpc) is 2.17. The van der Waals surface area contributed by atoms with E-state index in [9.17, 15) is 18.0 Å². The number of alkyl halides is 3. The molecular weight excluding hydrogens is 269 g/mol. The highest BCUT2D eigenvalue weighted by Gasteiger charge is 2.30. The number of benzene rings is 1. The van der Waals surface area contributed by atoms with Crippen molar-refractivity contribution in [2.45, 2.75) is 28.6 Å². The Morgan fingerprint density at radius 2 is 1.94 bits per heavy atom. The molecule has 0 spiro atoms. The van der Waals surface area contributed by atoms with Crippen LogP contribution in [0, 0.1) is 0 Å². The van der Waals surface area contributed by atoms with Crippen LogP contribution in [-0.2, 0) is 11.2 Å². The van der Waals surface area contributed by atoms with Crippen molar-refractivity contribution in [3.05, 3.63) is 23.8 Å². The summed E-state index contributed by atoms with van der Waals surface area (Å²) >= 11 is 1.12. The highest BCUT2D eigenvalue weighted by Crippen LogP contribution is 2.41. The molecule has 0 heterocycles. The fraction of sp³-hybridized carbons (Fsp3) is 0.364. The van der Waals surface area contributed by atoms with E-state index in [4.69, 9.17) is 0 Å². The minimum atomic E-state index is -4.29. The highest BCUT2D eigenvalue weighted by molar-refractivity contribution is 8.02. The third kappa shape index (κ3) is 5.04. The lowest BCUT2D eigenvalue weighted by atomic mass is 10.1. The van der Waals surface area contributed by atoms with E-state index in [0.29, 0.717) is 4.90 Å². The van der Waals surface area contributed by atoms with Crippen molar-refractivity contribution in [2.24, 2.45) is 0 Å². The molecule has 0 bridgehead atoms. The van der Waals surface area contributed by atoms with Gasteiger partial charge in [0.25, 0.3) is 0 Å². The lowest BCUT2D eigenvalue weighted by molar-refractivity contribution is -0.116. The van der Waals surface area contributed by atoms with Crippen LogP contribution in [0.1, 0.15) is 12.5 Å². The quantitative estimate of drug-likeness (QED) is 0.771. The molecule has 1 aromatic carbocycles. The van der Waals surface area contributed by atoms with Gasteiger partial charge in [0.05, 0.1) is 0 Å². The molecule has 0 aliphatic heterocycles. The summed E-state index contributed by atoms with van der Waals surface area (Å²) in [7, 11) is 0. The number of thioether (sulfide) groups is 2. The molecule has 0 unspecified atom stereocenters. The van der Waals surface area contributed by atoms with Gasteiger partial charge in [-0.2, -0.15) is 13.2 Å². The Kier molecular flexibility index (Phi) is 4.94. The summed E-state index contributed by atoms with van der Waals surface area (Å²) in [6, 6.07) is 4.62. The molecule has 0 aliphatic rings. The normalized spacial score (nSPS) is 11.6. The van der Waals surface area contributed by atoms with E-state index in [0.717, 1.165) is 5.56 Å². The maximum absolute atomic E-state index is 12.3. The molecule has 6 heteroatoms. The third-order valence-electron chi connectivity index (χ3n) is 1.91. The van der Waals surface area contributed by atoms with Gasteiger partial charge < -0.3 is 0 Å². The van der Waals surface area contributed by atoms with Crippen molar-refractivity contribution in [3.8, 4) is 0 Å². The van der Waals surface area contributed by atoms with Crippen LogP contribution >= 0.6 is 23.5 Å². The van der Waals surface area contributed by atoms with Gasteiger partial charge in [-0.15, -0.1) is 11.8 Å².